The highest BCUT2D eigenvalue weighted by molar-refractivity contribution is 5.73. The quantitative estimate of drug-likeness (QED) is 0.735. The first-order valence-corrected chi connectivity index (χ1v) is 4.71. The third-order valence-corrected chi connectivity index (χ3v) is 2.58. The van der Waals surface area contributed by atoms with E-state index >= 15 is 0 Å². The molecule has 14 heavy (non-hydrogen) atoms. The van der Waals surface area contributed by atoms with Gasteiger partial charge in [0, 0.05) is 18.4 Å². The van der Waals surface area contributed by atoms with Crippen molar-refractivity contribution in [1.29, 1.82) is 0 Å². The van der Waals surface area contributed by atoms with Crippen LogP contribution in [0.15, 0.2) is 12.5 Å². The first-order chi connectivity index (χ1) is 6.77. The monoisotopic (exact) mass is 195 g/mol. The Bertz CT molecular complexity index is 310. The maximum Gasteiger partial charge on any atom is 0.320 e. The fraction of sp³-hybridized carbons (Fsp3) is 0.556. The number of carbonyl (C=O) groups is 1. The molecule has 5 heteroatoms. The van der Waals surface area contributed by atoms with E-state index in [1.807, 2.05) is 4.90 Å². The highest BCUT2D eigenvalue weighted by atomic mass is 16.4. The molecule has 1 saturated heterocycles. The van der Waals surface area contributed by atoms with Gasteiger partial charge in [0.1, 0.15) is 6.04 Å². The zero-order valence-corrected chi connectivity index (χ0v) is 7.81. The number of hydrogen-bond donors (Lipinski definition) is 2. The van der Waals surface area contributed by atoms with Gasteiger partial charge in [-0.25, -0.2) is 4.98 Å². The topological polar surface area (TPSA) is 69.2 Å². The van der Waals surface area contributed by atoms with Crippen LogP contribution in [0.5, 0.6) is 0 Å². The first kappa shape index (κ1) is 9.21. The van der Waals surface area contributed by atoms with Gasteiger partial charge in [0.25, 0.3) is 0 Å². The second-order valence-electron chi connectivity index (χ2n) is 3.54. The lowest BCUT2D eigenvalue weighted by molar-refractivity contribution is -0.142. The van der Waals surface area contributed by atoms with Crippen molar-refractivity contribution in [2.24, 2.45) is 0 Å². The summed E-state index contributed by atoms with van der Waals surface area (Å²) in [6.07, 6.45) is 5.06. The molecular formula is C9H13N3O2. The third kappa shape index (κ3) is 1.77. The van der Waals surface area contributed by atoms with Crippen LogP contribution >= 0.6 is 0 Å². The van der Waals surface area contributed by atoms with Crippen LogP contribution in [0.25, 0.3) is 0 Å². The summed E-state index contributed by atoms with van der Waals surface area (Å²) in [5.41, 5.74) is 0.971. The Balaban J connectivity index is 2.00. The van der Waals surface area contributed by atoms with Crippen LogP contribution in [0.1, 0.15) is 18.5 Å². The molecule has 0 amide bonds. The summed E-state index contributed by atoms with van der Waals surface area (Å²) in [7, 11) is 0. The van der Waals surface area contributed by atoms with E-state index in [-0.39, 0.29) is 6.04 Å². The van der Waals surface area contributed by atoms with Crippen LogP contribution < -0.4 is 0 Å². The molecule has 2 heterocycles. The average Bonchev–Trinajstić information content (AvgIpc) is 2.75. The Hall–Kier alpha value is -1.36. The number of H-pyrrole nitrogens is 1. The number of aromatic nitrogens is 2. The van der Waals surface area contributed by atoms with Crippen molar-refractivity contribution in [2.45, 2.75) is 25.4 Å². The molecule has 0 bridgehead atoms. The summed E-state index contributed by atoms with van der Waals surface area (Å²) >= 11 is 0. The lowest BCUT2D eigenvalue weighted by Crippen LogP contribution is -2.35. The number of aromatic amines is 1. The maximum absolute atomic E-state index is 10.9. The lowest BCUT2D eigenvalue weighted by atomic mass is 10.2. The van der Waals surface area contributed by atoms with Crippen LogP contribution in [0, 0.1) is 0 Å². The summed E-state index contributed by atoms with van der Waals surface area (Å²) in [6, 6.07) is -0.321. The molecule has 2 rings (SSSR count). The SMILES string of the molecule is O=C(O)C1CCCN1Cc1cnc[nH]1. The Morgan fingerprint density at radius 3 is 3.29 bits per heavy atom. The molecular weight excluding hydrogens is 182 g/mol. The molecule has 0 saturated carbocycles. The Labute approximate surface area is 81.8 Å². The van der Waals surface area contributed by atoms with Crippen molar-refractivity contribution in [1.82, 2.24) is 14.9 Å². The molecule has 1 aromatic heterocycles. The van der Waals surface area contributed by atoms with Gasteiger partial charge in [0.05, 0.1) is 6.33 Å². The molecule has 1 aromatic rings. The van der Waals surface area contributed by atoms with E-state index in [4.69, 9.17) is 5.11 Å². The van der Waals surface area contributed by atoms with E-state index < -0.39 is 5.97 Å². The predicted molar refractivity (Wildman–Crippen MR) is 49.7 cm³/mol. The molecule has 0 aromatic carbocycles. The molecule has 0 radical (unpaired) electrons. The van der Waals surface area contributed by atoms with Gasteiger partial charge in [-0.15, -0.1) is 0 Å². The number of imidazole rings is 1. The number of nitrogens with one attached hydrogen (secondary N) is 1. The van der Waals surface area contributed by atoms with Crippen molar-refractivity contribution in [3.63, 3.8) is 0 Å². The molecule has 0 spiro atoms. The molecule has 1 aliphatic heterocycles. The van der Waals surface area contributed by atoms with E-state index in [2.05, 4.69) is 9.97 Å². The van der Waals surface area contributed by atoms with Crippen LogP contribution in [0.2, 0.25) is 0 Å². The van der Waals surface area contributed by atoms with Crippen LogP contribution in [0.3, 0.4) is 0 Å². The van der Waals surface area contributed by atoms with E-state index in [0.717, 1.165) is 25.1 Å². The summed E-state index contributed by atoms with van der Waals surface area (Å²) in [5, 5.41) is 8.94. The van der Waals surface area contributed by atoms with Crippen molar-refractivity contribution in [3.05, 3.63) is 18.2 Å². The smallest absolute Gasteiger partial charge is 0.320 e. The van der Waals surface area contributed by atoms with Gasteiger partial charge < -0.3 is 10.1 Å². The molecule has 1 atom stereocenters. The zero-order valence-electron chi connectivity index (χ0n) is 7.81. The maximum atomic E-state index is 10.9. The molecule has 1 unspecified atom stereocenters. The van der Waals surface area contributed by atoms with Crippen LogP contribution in [-0.2, 0) is 11.3 Å². The van der Waals surface area contributed by atoms with Gasteiger partial charge in [-0.2, -0.15) is 0 Å². The van der Waals surface area contributed by atoms with E-state index in [9.17, 15) is 4.79 Å². The van der Waals surface area contributed by atoms with Crippen molar-refractivity contribution >= 4 is 5.97 Å². The van der Waals surface area contributed by atoms with Crippen LogP contribution in [-0.4, -0.2) is 38.5 Å². The molecule has 5 nitrogen and oxygen atoms in total. The van der Waals surface area contributed by atoms with Gasteiger partial charge in [-0.05, 0) is 19.4 Å². The Morgan fingerprint density at radius 2 is 2.64 bits per heavy atom. The van der Waals surface area contributed by atoms with Crippen molar-refractivity contribution in [3.8, 4) is 0 Å². The minimum atomic E-state index is -0.720. The average molecular weight is 195 g/mol. The largest absolute Gasteiger partial charge is 0.480 e. The van der Waals surface area contributed by atoms with Gasteiger partial charge in [0.2, 0.25) is 0 Å². The van der Waals surface area contributed by atoms with Crippen molar-refractivity contribution < 1.29 is 9.90 Å². The number of likely N-dealkylation sites (tertiary alicyclic amines) is 1. The Kier molecular flexibility index (Phi) is 2.49. The number of nitrogens with zero attached hydrogens (tertiary/aromatic N) is 2. The first-order valence-electron chi connectivity index (χ1n) is 4.71. The summed E-state index contributed by atoms with van der Waals surface area (Å²) in [4.78, 5) is 19.7. The standard InChI is InChI=1S/C9H13N3O2/c13-9(14)8-2-1-3-12(8)5-7-4-10-6-11-7/h4,6,8H,1-3,5H2,(H,10,11)(H,13,14). The fourth-order valence-corrected chi connectivity index (χ4v) is 1.89. The normalized spacial score (nSPS) is 22.7. The minimum Gasteiger partial charge on any atom is -0.480 e. The Morgan fingerprint density at radius 1 is 1.79 bits per heavy atom. The van der Waals surface area contributed by atoms with E-state index in [1.165, 1.54) is 0 Å². The minimum absolute atomic E-state index is 0.321. The van der Waals surface area contributed by atoms with Gasteiger partial charge in [-0.1, -0.05) is 0 Å². The summed E-state index contributed by atoms with van der Waals surface area (Å²) in [5.74, 6) is -0.720. The second kappa shape index (κ2) is 3.79. The van der Waals surface area contributed by atoms with Gasteiger partial charge >= 0.3 is 5.97 Å². The van der Waals surface area contributed by atoms with Gasteiger partial charge in [-0.3, -0.25) is 9.69 Å². The third-order valence-electron chi connectivity index (χ3n) is 2.58. The fourth-order valence-electron chi connectivity index (χ4n) is 1.89. The number of rotatable bonds is 3. The number of aliphatic carboxylic acids is 1. The molecule has 76 valence electrons. The second-order valence-corrected chi connectivity index (χ2v) is 3.54. The predicted octanol–water partition coefficient (Wildman–Crippen LogP) is 0.459. The highest BCUT2D eigenvalue weighted by Gasteiger charge is 2.30. The summed E-state index contributed by atoms with van der Waals surface area (Å²) in [6.45, 7) is 1.51. The molecule has 2 N–H and O–H groups in total. The van der Waals surface area contributed by atoms with E-state index in [0.29, 0.717) is 6.54 Å². The van der Waals surface area contributed by atoms with Crippen LogP contribution in [0.4, 0.5) is 0 Å². The zero-order chi connectivity index (χ0) is 9.97. The lowest BCUT2D eigenvalue weighted by Gasteiger charge is -2.19. The van der Waals surface area contributed by atoms with E-state index in [1.54, 1.807) is 12.5 Å². The number of hydrogen-bond acceptors (Lipinski definition) is 3. The number of carboxylic acid groups (broad SMARTS) is 1. The summed E-state index contributed by atoms with van der Waals surface area (Å²) < 4.78 is 0. The molecule has 1 fully saturated rings. The molecule has 1 aliphatic rings. The van der Waals surface area contributed by atoms with Gasteiger partial charge in [0.15, 0.2) is 0 Å². The molecule has 0 aliphatic carbocycles. The number of carboxylic acids is 1. The van der Waals surface area contributed by atoms with Crippen molar-refractivity contribution in [2.75, 3.05) is 6.54 Å². The highest BCUT2D eigenvalue weighted by Crippen LogP contribution is 2.19.